The van der Waals surface area contributed by atoms with Crippen LogP contribution < -0.4 is 5.73 Å². The maximum atomic E-state index is 12.1. The average Bonchev–Trinajstić information content (AvgIpc) is 2.42. The molecule has 0 fully saturated rings. The number of carbonyl (C=O) groups excluding carboxylic acids is 1. The summed E-state index contributed by atoms with van der Waals surface area (Å²) in [4.78, 5) is 12.1. The Bertz CT molecular complexity index is 480. The van der Waals surface area contributed by atoms with Crippen LogP contribution in [0.5, 0.6) is 0 Å². The van der Waals surface area contributed by atoms with Crippen LogP contribution in [0.4, 0.5) is 0 Å². The van der Waals surface area contributed by atoms with E-state index < -0.39 is 5.41 Å². The molecule has 0 bridgehead atoms. The van der Waals surface area contributed by atoms with Gasteiger partial charge in [-0.1, -0.05) is 67.6 Å². The van der Waals surface area contributed by atoms with E-state index in [1.54, 1.807) is 0 Å². The number of rotatable bonds is 4. The quantitative estimate of drug-likeness (QED) is 0.876. The largest absolute Gasteiger partial charge is 0.369 e. The summed E-state index contributed by atoms with van der Waals surface area (Å²) >= 11 is 0. The molecule has 2 rings (SSSR count). The Labute approximate surface area is 107 Å². The number of carbonyl (C=O) groups is 1. The molecule has 18 heavy (non-hydrogen) atoms. The van der Waals surface area contributed by atoms with Crippen molar-refractivity contribution in [2.45, 2.75) is 18.8 Å². The second-order valence-corrected chi connectivity index (χ2v) is 4.36. The molecule has 0 heterocycles. The molecule has 0 saturated carbocycles. The Kier molecular flexibility index (Phi) is 3.47. The van der Waals surface area contributed by atoms with E-state index in [0.29, 0.717) is 6.42 Å². The van der Waals surface area contributed by atoms with Crippen LogP contribution >= 0.6 is 0 Å². The summed E-state index contributed by atoms with van der Waals surface area (Å²) < 4.78 is 0. The zero-order valence-corrected chi connectivity index (χ0v) is 10.5. The van der Waals surface area contributed by atoms with Crippen molar-refractivity contribution in [1.82, 2.24) is 0 Å². The van der Waals surface area contributed by atoms with Crippen LogP contribution in [0.15, 0.2) is 60.7 Å². The highest BCUT2D eigenvalue weighted by atomic mass is 16.1. The fraction of sp³-hybridized carbons (Fsp3) is 0.188. The highest BCUT2D eigenvalue weighted by molar-refractivity contribution is 5.90. The first-order valence-electron chi connectivity index (χ1n) is 6.12. The molecule has 2 aromatic rings. The standard InChI is InChI=1S/C16H17NO/c1-2-16(15(17)18,13-9-5-3-6-10-13)14-11-7-4-8-12-14/h3-12H,2H2,1H3,(H2,17,18). The van der Waals surface area contributed by atoms with Crippen molar-refractivity contribution in [1.29, 1.82) is 0 Å². The van der Waals surface area contributed by atoms with E-state index in [1.165, 1.54) is 0 Å². The van der Waals surface area contributed by atoms with Crippen LogP contribution in [-0.2, 0) is 10.2 Å². The summed E-state index contributed by atoms with van der Waals surface area (Å²) in [6, 6.07) is 19.5. The summed E-state index contributed by atoms with van der Waals surface area (Å²) in [5, 5.41) is 0. The Morgan fingerprint density at radius 3 is 1.61 bits per heavy atom. The highest BCUT2D eigenvalue weighted by Gasteiger charge is 2.38. The zero-order chi connectivity index (χ0) is 13.0. The summed E-state index contributed by atoms with van der Waals surface area (Å²) in [6.45, 7) is 1.99. The third-order valence-corrected chi connectivity index (χ3v) is 3.48. The van der Waals surface area contributed by atoms with Gasteiger partial charge < -0.3 is 5.73 Å². The van der Waals surface area contributed by atoms with Crippen LogP contribution in [0, 0.1) is 0 Å². The lowest BCUT2D eigenvalue weighted by Gasteiger charge is -2.30. The molecule has 0 aliphatic rings. The van der Waals surface area contributed by atoms with Gasteiger partial charge in [-0.2, -0.15) is 0 Å². The minimum Gasteiger partial charge on any atom is -0.369 e. The molecule has 92 valence electrons. The summed E-state index contributed by atoms with van der Waals surface area (Å²) in [5.41, 5.74) is 6.87. The van der Waals surface area contributed by atoms with Crippen LogP contribution in [0.25, 0.3) is 0 Å². The normalized spacial score (nSPS) is 11.2. The molecule has 2 nitrogen and oxygen atoms in total. The molecule has 0 radical (unpaired) electrons. The van der Waals surface area contributed by atoms with E-state index in [1.807, 2.05) is 67.6 Å². The van der Waals surface area contributed by atoms with Gasteiger partial charge in [-0.25, -0.2) is 0 Å². The summed E-state index contributed by atoms with van der Waals surface area (Å²) in [5.74, 6) is -0.303. The first kappa shape index (κ1) is 12.4. The second kappa shape index (κ2) is 5.05. The van der Waals surface area contributed by atoms with Crippen LogP contribution in [0.1, 0.15) is 24.5 Å². The Hall–Kier alpha value is -2.09. The molecule has 0 aromatic heterocycles. The maximum absolute atomic E-state index is 12.1. The van der Waals surface area contributed by atoms with Gasteiger partial charge in [0.1, 0.15) is 0 Å². The minimum atomic E-state index is -0.734. The van der Waals surface area contributed by atoms with Gasteiger partial charge in [0.25, 0.3) is 0 Å². The zero-order valence-electron chi connectivity index (χ0n) is 10.5. The lowest BCUT2D eigenvalue weighted by atomic mass is 9.72. The Morgan fingerprint density at radius 2 is 1.33 bits per heavy atom. The molecule has 0 spiro atoms. The molecular weight excluding hydrogens is 222 g/mol. The molecule has 2 N–H and O–H groups in total. The van der Waals surface area contributed by atoms with Gasteiger partial charge in [-0.15, -0.1) is 0 Å². The molecular formula is C16H17NO. The van der Waals surface area contributed by atoms with Gasteiger partial charge in [0, 0.05) is 0 Å². The predicted octanol–water partition coefficient (Wildman–Crippen LogP) is 2.87. The van der Waals surface area contributed by atoms with Crippen molar-refractivity contribution in [3.8, 4) is 0 Å². The van der Waals surface area contributed by atoms with E-state index in [2.05, 4.69) is 0 Å². The van der Waals surface area contributed by atoms with E-state index in [0.717, 1.165) is 11.1 Å². The molecule has 2 heteroatoms. The molecule has 0 unspecified atom stereocenters. The van der Waals surface area contributed by atoms with Gasteiger partial charge in [0.2, 0.25) is 5.91 Å². The van der Waals surface area contributed by atoms with Crippen LogP contribution in [-0.4, -0.2) is 5.91 Å². The first-order valence-corrected chi connectivity index (χ1v) is 6.12. The number of amides is 1. The van der Waals surface area contributed by atoms with Crippen molar-refractivity contribution in [2.75, 3.05) is 0 Å². The van der Waals surface area contributed by atoms with Crippen molar-refractivity contribution >= 4 is 5.91 Å². The Balaban J connectivity index is 2.65. The fourth-order valence-electron chi connectivity index (χ4n) is 2.48. The third kappa shape index (κ3) is 1.90. The highest BCUT2D eigenvalue weighted by Crippen LogP contribution is 2.35. The fourth-order valence-corrected chi connectivity index (χ4v) is 2.48. The van der Waals surface area contributed by atoms with E-state index in [4.69, 9.17) is 5.73 Å². The average molecular weight is 239 g/mol. The lowest BCUT2D eigenvalue weighted by molar-refractivity contribution is -0.122. The van der Waals surface area contributed by atoms with Crippen molar-refractivity contribution < 1.29 is 4.79 Å². The summed E-state index contributed by atoms with van der Waals surface area (Å²) in [6.07, 6.45) is 0.649. The second-order valence-electron chi connectivity index (χ2n) is 4.36. The van der Waals surface area contributed by atoms with Gasteiger partial charge in [0.15, 0.2) is 0 Å². The Morgan fingerprint density at radius 1 is 0.944 bits per heavy atom. The van der Waals surface area contributed by atoms with Gasteiger partial charge in [-0.05, 0) is 17.5 Å². The molecule has 0 aliphatic carbocycles. The third-order valence-electron chi connectivity index (χ3n) is 3.48. The summed E-state index contributed by atoms with van der Waals surface area (Å²) in [7, 11) is 0. The topological polar surface area (TPSA) is 43.1 Å². The maximum Gasteiger partial charge on any atom is 0.232 e. The molecule has 0 atom stereocenters. The van der Waals surface area contributed by atoms with E-state index >= 15 is 0 Å². The van der Waals surface area contributed by atoms with Crippen molar-refractivity contribution in [3.05, 3.63) is 71.8 Å². The molecule has 0 saturated heterocycles. The first-order chi connectivity index (χ1) is 8.71. The number of nitrogens with two attached hydrogens (primary N) is 1. The van der Waals surface area contributed by atoms with Gasteiger partial charge in [0.05, 0.1) is 5.41 Å². The smallest absolute Gasteiger partial charge is 0.232 e. The van der Waals surface area contributed by atoms with Crippen molar-refractivity contribution in [2.24, 2.45) is 5.73 Å². The molecule has 0 aliphatic heterocycles. The monoisotopic (exact) mass is 239 g/mol. The van der Waals surface area contributed by atoms with Gasteiger partial charge >= 0.3 is 0 Å². The number of primary amides is 1. The molecule has 1 amide bonds. The SMILES string of the molecule is CCC(C(N)=O)(c1ccccc1)c1ccccc1. The van der Waals surface area contributed by atoms with E-state index in [-0.39, 0.29) is 5.91 Å². The minimum absolute atomic E-state index is 0.303. The van der Waals surface area contributed by atoms with Crippen LogP contribution in [0.3, 0.4) is 0 Å². The lowest BCUT2D eigenvalue weighted by Crippen LogP contribution is -2.41. The predicted molar refractivity (Wildman–Crippen MR) is 73.1 cm³/mol. The van der Waals surface area contributed by atoms with Crippen LogP contribution in [0.2, 0.25) is 0 Å². The van der Waals surface area contributed by atoms with E-state index in [9.17, 15) is 4.79 Å². The number of hydrogen-bond donors (Lipinski definition) is 1. The molecule has 2 aromatic carbocycles. The van der Waals surface area contributed by atoms with Crippen molar-refractivity contribution in [3.63, 3.8) is 0 Å². The number of hydrogen-bond acceptors (Lipinski definition) is 1. The number of benzene rings is 2. The van der Waals surface area contributed by atoms with Gasteiger partial charge in [-0.3, -0.25) is 4.79 Å².